The lowest BCUT2D eigenvalue weighted by atomic mass is 10.1. The Bertz CT molecular complexity index is 1420. The first-order valence-corrected chi connectivity index (χ1v) is 11.1. The fraction of sp³-hybridized carbons (Fsp3) is 0.130. The Labute approximate surface area is 197 Å². The lowest BCUT2D eigenvalue weighted by Gasteiger charge is -2.03. The Morgan fingerprint density at radius 2 is 2.00 bits per heavy atom. The number of thiazole rings is 1. The van der Waals surface area contributed by atoms with Gasteiger partial charge >= 0.3 is 0 Å². The second kappa shape index (κ2) is 9.24. The average molecular weight is 478 g/mol. The van der Waals surface area contributed by atoms with Crippen molar-refractivity contribution in [2.75, 3.05) is 13.4 Å². The van der Waals surface area contributed by atoms with Crippen molar-refractivity contribution < 1.29 is 23.6 Å². The number of nitro groups is 1. The molecule has 0 unspecified atom stereocenters. The summed E-state index contributed by atoms with van der Waals surface area (Å²) in [6, 6.07) is 13.8. The molecular weight excluding hydrogens is 460 g/mol. The third-order valence-corrected chi connectivity index (χ3v) is 5.68. The molecule has 2 aromatic heterocycles. The summed E-state index contributed by atoms with van der Waals surface area (Å²) >= 11 is 1.36. The first-order valence-electron chi connectivity index (χ1n) is 10.3. The van der Waals surface area contributed by atoms with Crippen LogP contribution in [0.1, 0.15) is 12.5 Å². The zero-order valence-electron chi connectivity index (χ0n) is 17.9. The maximum Gasteiger partial charge on any atom is 0.282 e. The van der Waals surface area contributed by atoms with Crippen LogP contribution in [-0.2, 0) is 0 Å². The molecule has 0 N–H and O–H groups in total. The van der Waals surface area contributed by atoms with E-state index in [1.54, 1.807) is 23.1 Å². The average Bonchev–Trinajstić information content (AvgIpc) is 3.59. The summed E-state index contributed by atoms with van der Waals surface area (Å²) in [5, 5.41) is 18.0. The van der Waals surface area contributed by atoms with Crippen molar-refractivity contribution in [1.29, 1.82) is 0 Å². The third kappa shape index (κ3) is 4.28. The summed E-state index contributed by atoms with van der Waals surface area (Å²) in [6.45, 7) is 2.51. The number of ether oxygens (including phenoxy) is 3. The minimum absolute atomic E-state index is 0.0140. The van der Waals surface area contributed by atoms with Crippen molar-refractivity contribution >= 4 is 28.9 Å². The molecule has 4 aromatic rings. The topological polar surface area (TPSA) is 114 Å². The molecule has 3 heterocycles. The first kappa shape index (κ1) is 21.5. The Morgan fingerprint density at radius 1 is 1.21 bits per heavy atom. The van der Waals surface area contributed by atoms with E-state index >= 15 is 0 Å². The van der Waals surface area contributed by atoms with Gasteiger partial charge in [-0.3, -0.25) is 10.1 Å². The van der Waals surface area contributed by atoms with E-state index in [9.17, 15) is 10.1 Å². The minimum atomic E-state index is -0.486. The van der Waals surface area contributed by atoms with Crippen molar-refractivity contribution in [3.05, 3.63) is 80.7 Å². The summed E-state index contributed by atoms with van der Waals surface area (Å²) in [5.74, 6) is 2.09. The summed E-state index contributed by atoms with van der Waals surface area (Å²) < 4.78 is 23.2. The predicted molar refractivity (Wildman–Crippen MR) is 125 cm³/mol. The number of hydrogen-bond acceptors (Lipinski definition) is 9. The van der Waals surface area contributed by atoms with Crippen LogP contribution < -0.4 is 19.0 Å². The van der Waals surface area contributed by atoms with Gasteiger partial charge in [-0.05, 0) is 49.4 Å². The number of nitrogens with zero attached hydrogens (tertiary/aromatic N) is 4. The molecule has 2 aromatic carbocycles. The maximum absolute atomic E-state index is 11.6. The van der Waals surface area contributed by atoms with E-state index in [-0.39, 0.29) is 18.0 Å². The second-order valence-corrected chi connectivity index (χ2v) is 7.83. The number of fused-ring (bicyclic) bond motifs is 1. The maximum atomic E-state index is 11.6. The fourth-order valence-corrected chi connectivity index (χ4v) is 4.14. The van der Waals surface area contributed by atoms with Crippen LogP contribution in [0.5, 0.6) is 17.2 Å². The number of benzene rings is 2. The Kier molecular flexibility index (Phi) is 5.83. The molecule has 1 aliphatic heterocycles. The number of hydrogen-bond donors (Lipinski definition) is 0. The van der Waals surface area contributed by atoms with Crippen LogP contribution >= 0.6 is 11.3 Å². The van der Waals surface area contributed by atoms with Crippen LogP contribution in [0.4, 0.5) is 11.4 Å². The zero-order chi connectivity index (χ0) is 23.5. The Hall–Kier alpha value is -4.38. The Balaban J connectivity index is 1.59. The largest absolute Gasteiger partial charge is 0.494 e. The van der Waals surface area contributed by atoms with Gasteiger partial charge in [-0.2, -0.15) is 5.10 Å². The highest BCUT2D eigenvalue weighted by Gasteiger charge is 2.22. The van der Waals surface area contributed by atoms with Crippen molar-refractivity contribution in [3.63, 3.8) is 0 Å². The van der Waals surface area contributed by atoms with E-state index in [4.69, 9.17) is 23.6 Å². The normalized spacial score (nSPS) is 13.0. The summed E-state index contributed by atoms with van der Waals surface area (Å²) in [4.78, 5) is 16.4. The van der Waals surface area contributed by atoms with Crippen LogP contribution in [0.3, 0.4) is 0 Å². The van der Waals surface area contributed by atoms with E-state index in [1.807, 2.05) is 36.6 Å². The van der Waals surface area contributed by atoms with Crippen LogP contribution in [-0.4, -0.2) is 29.2 Å². The lowest BCUT2D eigenvalue weighted by molar-refractivity contribution is -0.385. The first-order chi connectivity index (χ1) is 16.6. The zero-order valence-corrected chi connectivity index (χ0v) is 18.7. The number of nitro benzene ring substituents is 1. The van der Waals surface area contributed by atoms with Crippen LogP contribution in [0.15, 0.2) is 74.7 Å². The van der Waals surface area contributed by atoms with Gasteiger partial charge in [0.25, 0.3) is 5.69 Å². The molecule has 172 valence electrons. The predicted octanol–water partition coefficient (Wildman–Crippen LogP) is 4.96. The molecule has 0 saturated heterocycles. The molecule has 0 radical (unpaired) electrons. The quantitative estimate of drug-likeness (QED) is 0.211. The van der Waals surface area contributed by atoms with Gasteiger partial charge in [0.05, 0.1) is 41.3 Å². The number of aromatic nitrogens is 1. The van der Waals surface area contributed by atoms with E-state index < -0.39 is 4.92 Å². The SMILES string of the molecule is CCOc1ccc(N=c2scc(-c3ccco3)n2N=Cc2cc3c(cc2[N+](=O)[O-])OCO3)cc1. The molecule has 11 heteroatoms. The fourth-order valence-electron chi connectivity index (χ4n) is 3.31. The molecule has 34 heavy (non-hydrogen) atoms. The smallest absolute Gasteiger partial charge is 0.282 e. The van der Waals surface area contributed by atoms with E-state index in [0.717, 1.165) is 5.75 Å². The van der Waals surface area contributed by atoms with Gasteiger partial charge in [-0.25, -0.2) is 9.67 Å². The molecule has 0 amide bonds. The monoisotopic (exact) mass is 478 g/mol. The molecule has 0 spiro atoms. The molecule has 0 atom stereocenters. The second-order valence-electron chi connectivity index (χ2n) is 7.00. The van der Waals surface area contributed by atoms with Crippen LogP contribution in [0, 0.1) is 10.1 Å². The highest BCUT2D eigenvalue weighted by Crippen LogP contribution is 2.37. The van der Waals surface area contributed by atoms with Gasteiger partial charge in [0.15, 0.2) is 17.3 Å². The van der Waals surface area contributed by atoms with E-state index in [2.05, 4.69) is 5.10 Å². The number of rotatable bonds is 7. The molecule has 0 bridgehead atoms. The van der Waals surface area contributed by atoms with E-state index in [0.29, 0.717) is 40.0 Å². The van der Waals surface area contributed by atoms with Crippen LogP contribution in [0.25, 0.3) is 11.5 Å². The molecule has 0 aliphatic carbocycles. The van der Waals surface area contributed by atoms with E-state index in [1.165, 1.54) is 29.7 Å². The minimum Gasteiger partial charge on any atom is -0.494 e. The summed E-state index contributed by atoms with van der Waals surface area (Å²) in [5.41, 5.74) is 1.48. The lowest BCUT2D eigenvalue weighted by Crippen LogP contribution is -2.11. The molecule has 0 fully saturated rings. The Morgan fingerprint density at radius 3 is 2.71 bits per heavy atom. The van der Waals surface area contributed by atoms with Gasteiger partial charge < -0.3 is 18.6 Å². The molecule has 1 aliphatic rings. The van der Waals surface area contributed by atoms with Gasteiger partial charge in [-0.15, -0.1) is 11.3 Å². The molecule has 0 saturated carbocycles. The van der Waals surface area contributed by atoms with Gasteiger partial charge in [0.1, 0.15) is 11.4 Å². The summed E-state index contributed by atoms with van der Waals surface area (Å²) in [6.07, 6.45) is 2.96. The molecule has 10 nitrogen and oxygen atoms in total. The summed E-state index contributed by atoms with van der Waals surface area (Å²) in [7, 11) is 0. The third-order valence-electron chi connectivity index (χ3n) is 4.86. The number of furan rings is 1. The van der Waals surface area contributed by atoms with Gasteiger partial charge in [-0.1, -0.05) is 0 Å². The van der Waals surface area contributed by atoms with Crippen molar-refractivity contribution in [3.8, 4) is 28.7 Å². The highest BCUT2D eigenvalue weighted by atomic mass is 32.1. The van der Waals surface area contributed by atoms with Crippen molar-refractivity contribution in [2.24, 2.45) is 10.1 Å². The molecular formula is C23H18N4O6S. The standard InChI is InChI=1S/C23H18N4O6S/c1-2-30-17-7-5-16(6-8-17)25-23-26(19(13-34-23)20-4-3-9-31-20)24-12-15-10-21-22(33-14-32-21)11-18(15)27(28)29/h3-13H,2,14H2,1H3. The highest BCUT2D eigenvalue weighted by molar-refractivity contribution is 7.07. The van der Waals surface area contributed by atoms with Crippen LogP contribution in [0.2, 0.25) is 0 Å². The van der Waals surface area contributed by atoms with Gasteiger partial charge in [0, 0.05) is 5.38 Å². The molecule has 5 rings (SSSR count). The van der Waals surface area contributed by atoms with Gasteiger partial charge in [0.2, 0.25) is 11.6 Å². The van der Waals surface area contributed by atoms with Crippen molar-refractivity contribution in [1.82, 2.24) is 4.68 Å². The van der Waals surface area contributed by atoms with Crippen molar-refractivity contribution in [2.45, 2.75) is 6.92 Å².